The summed E-state index contributed by atoms with van der Waals surface area (Å²) in [7, 11) is 2.97. The van der Waals surface area contributed by atoms with Crippen molar-refractivity contribution in [3.05, 3.63) is 88.4 Å². The number of hydrogen-bond donors (Lipinski definition) is 2. The van der Waals surface area contributed by atoms with Gasteiger partial charge in [-0.3, -0.25) is 14.5 Å². The fourth-order valence-electron chi connectivity index (χ4n) is 4.67. The Kier molecular flexibility index (Phi) is 10.6. The summed E-state index contributed by atoms with van der Waals surface area (Å²) in [5.74, 6) is -0.102. The molecule has 0 aliphatic carbocycles. The van der Waals surface area contributed by atoms with Crippen LogP contribution in [0.2, 0.25) is 5.02 Å². The Balaban J connectivity index is 1.14. The number of unbranched alkanes of at least 4 members (excludes halogenated alkanes) is 1. The van der Waals surface area contributed by atoms with E-state index in [9.17, 15) is 14.4 Å². The van der Waals surface area contributed by atoms with Gasteiger partial charge in [0, 0.05) is 54.6 Å². The fraction of sp³-hybridized carbons (Fsp3) is 0.323. The number of carbonyl (C=O) groups excluding carboxylic acids is 3. The van der Waals surface area contributed by atoms with Crippen molar-refractivity contribution in [2.75, 3.05) is 63.7 Å². The SMILES string of the molecule is COC(=O)c1ccc(N2CCN(CCCCNC(=O)c3ccc(NC(=O)c4ccc(Cl)cc4)cc3)CC2)c(OC)c1. The molecular formula is C31H35ClN4O5. The van der Waals surface area contributed by atoms with Gasteiger partial charge in [-0.2, -0.15) is 0 Å². The van der Waals surface area contributed by atoms with Crippen molar-refractivity contribution in [3.8, 4) is 5.75 Å². The first kappa shape index (κ1) is 29.9. The van der Waals surface area contributed by atoms with Crippen LogP contribution in [0.3, 0.4) is 0 Å². The molecule has 1 heterocycles. The molecule has 1 aliphatic heterocycles. The Morgan fingerprint density at radius 3 is 2.10 bits per heavy atom. The Bertz CT molecular complexity index is 1340. The number of anilines is 2. The third-order valence-electron chi connectivity index (χ3n) is 7.01. The zero-order valence-corrected chi connectivity index (χ0v) is 24.1. The lowest BCUT2D eigenvalue weighted by molar-refractivity contribution is 0.0600. The van der Waals surface area contributed by atoms with E-state index < -0.39 is 0 Å². The van der Waals surface area contributed by atoms with E-state index in [0.717, 1.165) is 51.3 Å². The summed E-state index contributed by atoms with van der Waals surface area (Å²) in [5.41, 5.74) is 3.10. The van der Waals surface area contributed by atoms with Crippen molar-refractivity contribution in [1.29, 1.82) is 0 Å². The standard InChI is InChI=1S/C31H35ClN4O5/c1-40-28-21-24(31(39)41-2)9-14-27(28)36-19-17-35(18-20-36)16-4-3-15-33-29(37)22-7-12-26(13-8-22)34-30(38)23-5-10-25(32)11-6-23/h5-14,21H,3-4,15-20H2,1-2H3,(H,33,37)(H,34,38). The van der Waals surface area contributed by atoms with E-state index in [1.165, 1.54) is 7.11 Å². The van der Waals surface area contributed by atoms with Crippen LogP contribution >= 0.6 is 11.6 Å². The fourth-order valence-corrected chi connectivity index (χ4v) is 4.80. The molecule has 1 aliphatic rings. The van der Waals surface area contributed by atoms with E-state index in [2.05, 4.69) is 20.4 Å². The lowest BCUT2D eigenvalue weighted by Crippen LogP contribution is -2.46. The van der Waals surface area contributed by atoms with Gasteiger partial charge in [0.15, 0.2) is 0 Å². The smallest absolute Gasteiger partial charge is 0.337 e. The first-order chi connectivity index (χ1) is 19.9. The van der Waals surface area contributed by atoms with Crippen molar-refractivity contribution in [2.45, 2.75) is 12.8 Å². The minimum atomic E-state index is -0.384. The van der Waals surface area contributed by atoms with Crippen LogP contribution in [-0.4, -0.2) is 76.2 Å². The highest BCUT2D eigenvalue weighted by Gasteiger charge is 2.21. The minimum Gasteiger partial charge on any atom is -0.495 e. The largest absolute Gasteiger partial charge is 0.495 e. The van der Waals surface area contributed by atoms with Gasteiger partial charge >= 0.3 is 5.97 Å². The number of amides is 2. The van der Waals surface area contributed by atoms with Crippen molar-refractivity contribution in [3.63, 3.8) is 0 Å². The number of nitrogens with one attached hydrogen (secondary N) is 2. The molecule has 9 nitrogen and oxygen atoms in total. The molecule has 0 bridgehead atoms. The van der Waals surface area contributed by atoms with Crippen LogP contribution in [0.4, 0.5) is 11.4 Å². The van der Waals surface area contributed by atoms with E-state index in [0.29, 0.717) is 39.7 Å². The maximum atomic E-state index is 12.5. The van der Waals surface area contributed by atoms with Crippen LogP contribution in [0.5, 0.6) is 5.75 Å². The van der Waals surface area contributed by atoms with Crippen LogP contribution in [0.25, 0.3) is 0 Å². The highest BCUT2D eigenvalue weighted by atomic mass is 35.5. The Morgan fingerprint density at radius 1 is 0.805 bits per heavy atom. The quantitative estimate of drug-likeness (QED) is 0.251. The Labute approximate surface area is 245 Å². The topological polar surface area (TPSA) is 100 Å². The van der Waals surface area contributed by atoms with E-state index in [-0.39, 0.29) is 17.8 Å². The Morgan fingerprint density at radius 2 is 1.44 bits per heavy atom. The van der Waals surface area contributed by atoms with Gasteiger partial charge in [0.05, 0.1) is 25.5 Å². The second kappa shape index (κ2) is 14.5. The highest BCUT2D eigenvalue weighted by Crippen LogP contribution is 2.30. The average molecular weight is 579 g/mol. The monoisotopic (exact) mass is 578 g/mol. The van der Waals surface area contributed by atoms with E-state index in [4.69, 9.17) is 21.1 Å². The summed E-state index contributed by atoms with van der Waals surface area (Å²) >= 11 is 5.87. The molecule has 3 aromatic rings. The molecule has 4 rings (SSSR count). The predicted octanol–water partition coefficient (Wildman–Crippen LogP) is 4.72. The molecule has 216 valence electrons. The average Bonchev–Trinajstić information content (AvgIpc) is 3.01. The van der Waals surface area contributed by atoms with Crippen LogP contribution in [0.15, 0.2) is 66.7 Å². The molecule has 0 unspecified atom stereocenters. The molecule has 0 saturated carbocycles. The molecule has 0 spiro atoms. The summed E-state index contributed by atoms with van der Waals surface area (Å²) in [6.45, 7) is 5.13. The van der Waals surface area contributed by atoms with Crippen molar-refractivity contribution >= 4 is 40.8 Å². The van der Waals surface area contributed by atoms with E-state index in [1.54, 1.807) is 67.8 Å². The van der Waals surface area contributed by atoms with Crippen LogP contribution in [0, 0.1) is 0 Å². The molecule has 10 heteroatoms. The minimum absolute atomic E-state index is 0.138. The van der Waals surface area contributed by atoms with Gasteiger partial charge in [-0.1, -0.05) is 11.6 Å². The second-order valence-corrected chi connectivity index (χ2v) is 10.1. The maximum Gasteiger partial charge on any atom is 0.337 e. The third kappa shape index (κ3) is 8.22. The number of esters is 1. The van der Waals surface area contributed by atoms with Crippen LogP contribution < -0.4 is 20.3 Å². The van der Waals surface area contributed by atoms with Crippen molar-refractivity contribution in [1.82, 2.24) is 10.2 Å². The van der Waals surface area contributed by atoms with Gasteiger partial charge in [0.1, 0.15) is 5.75 Å². The van der Waals surface area contributed by atoms with E-state index in [1.807, 2.05) is 6.07 Å². The lowest BCUT2D eigenvalue weighted by atomic mass is 10.1. The third-order valence-corrected chi connectivity index (χ3v) is 7.26. The number of hydrogen-bond acceptors (Lipinski definition) is 7. The van der Waals surface area contributed by atoms with Crippen molar-refractivity contribution < 1.29 is 23.9 Å². The molecule has 1 saturated heterocycles. The van der Waals surface area contributed by atoms with Crippen LogP contribution in [0.1, 0.15) is 43.9 Å². The van der Waals surface area contributed by atoms with Gasteiger partial charge in [0.2, 0.25) is 0 Å². The maximum absolute atomic E-state index is 12.5. The summed E-state index contributed by atoms with van der Waals surface area (Å²) < 4.78 is 10.3. The summed E-state index contributed by atoms with van der Waals surface area (Å²) in [6.07, 6.45) is 1.86. The molecule has 0 aromatic heterocycles. The first-order valence-electron chi connectivity index (χ1n) is 13.6. The number of benzene rings is 3. The van der Waals surface area contributed by atoms with Gasteiger partial charge in [-0.25, -0.2) is 4.79 Å². The van der Waals surface area contributed by atoms with Gasteiger partial charge in [-0.05, 0) is 86.1 Å². The Hall–Kier alpha value is -4.08. The van der Waals surface area contributed by atoms with Gasteiger partial charge < -0.3 is 25.0 Å². The summed E-state index contributed by atoms with van der Waals surface area (Å²) in [5, 5.41) is 6.36. The molecule has 0 atom stereocenters. The van der Waals surface area contributed by atoms with Gasteiger partial charge in [0.25, 0.3) is 11.8 Å². The number of piperazine rings is 1. The first-order valence-corrected chi connectivity index (χ1v) is 13.9. The molecule has 2 amide bonds. The molecular weight excluding hydrogens is 544 g/mol. The number of nitrogens with zero attached hydrogens (tertiary/aromatic N) is 2. The number of rotatable bonds is 11. The molecule has 2 N–H and O–H groups in total. The van der Waals surface area contributed by atoms with Gasteiger partial charge in [-0.15, -0.1) is 0 Å². The van der Waals surface area contributed by atoms with Crippen molar-refractivity contribution in [2.24, 2.45) is 0 Å². The lowest BCUT2D eigenvalue weighted by Gasteiger charge is -2.36. The molecule has 3 aromatic carbocycles. The van der Waals surface area contributed by atoms with E-state index >= 15 is 0 Å². The number of carbonyl (C=O) groups is 3. The number of methoxy groups -OCH3 is 2. The zero-order valence-electron chi connectivity index (χ0n) is 23.3. The highest BCUT2D eigenvalue weighted by molar-refractivity contribution is 6.30. The van der Waals surface area contributed by atoms with Crippen LogP contribution in [-0.2, 0) is 4.74 Å². The normalized spacial score (nSPS) is 13.4. The second-order valence-electron chi connectivity index (χ2n) is 9.71. The molecule has 1 fully saturated rings. The summed E-state index contributed by atoms with van der Waals surface area (Å²) in [4.78, 5) is 41.4. The zero-order chi connectivity index (χ0) is 29.2. The number of ether oxygens (including phenoxy) is 2. The molecule has 41 heavy (non-hydrogen) atoms. The number of halogens is 1. The molecule has 0 radical (unpaired) electrons. The predicted molar refractivity (Wildman–Crippen MR) is 160 cm³/mol. The summed E-state index contributed by atoms with van der Waals surface area (Å²) in [6, 6.07) is 18.9.